The average Bonchev–Trinajstić information content (AvgIpc) is 2.56. The Morgan fingerprint density at radius 3 is 2.40 bits per heavy atom. The maximum absolute atomic E-state index is 12.6. The fourth-order valence-corrected chi connectivity index (χ4v) is 2.54. The summed E-state index contributed by atoms with van der Waals surface area (Å²) in [5.74, 6) is -0.661. The number of nitrogens with zero attached hydrogens (tertiary/aromatic N) is 1. The van der Waals surface area contributed by atoms with Gasteiger partial charge in [-0.05, 0) is 42.5 Å². The highest BCUT2D eigenvalue weighted by Gasteiger charge is 2.16. The summed E-state index contributed by atoms with van der Waals surface area (Å²) in [6.07, 6.45) is 1.08. The third kappa shape index (κ3) is 3.65. The molecule has 0 aliphatic carbocycles. The quantitative estimate of drug-likeness (QED) is 0.737. The van der Waals surface area contributed by atoms with Crippen molar-refractivity contribution in [3.63, 3.8) is 0 Å². The number of carbonyl (C=O) groups is 1. The van der Waals surface area contributed by atoms with Crippen molar-refractivity contribution in [3.8, 4) is 5.69 Å². The van der Waals surface area contributed by atoms with Gasteiger partial charge in [-0.3, -0.25) is 9.59 Å². The molecule has 0 fully saturated rings. The van der Waals surface area contributed by atoms with Gasteiger partial charge in [-0.25, -0.2) is 9.36 Å². The minimum Gasteiger partial charge on any atom is -0.322 e. The molecular formula is C17H11Cl2N3O3. The third-order valence-electron chi connectivity index (χ3n) is 3.39. The van der Waals surface area contributed by atoms with Gasteiger partial charge in [-0.2, -0.15) is 0 Å². The predicted molar refractivity (Wildman–Crippen MR) is 97.1 cm³/mol. The van der Waals surface area contributed by atoms with Crippen molar-refractivity contribution in [2.75, 3.05) is 5.32 Å². The van der Waals surface area contributed by atoms with Gasteiger partial charge in [-0.15, -0.1) is 0 Å². The molecule has 3 rings (SSSR count). The fraction of sp³-hybridized carbons (Fsp3) is 0. The number of hydrogen-bond donors (Lipinski definition) is 2. The van der Waals surface area contributed by atoms with Crippen LogP contribution in [0.15, 0.2) is 64.3 Å². The molecule has 126 valence electrons. The average molecular weight is 376 g/mol. The van der Waals surface area contributed by atoms with Crippen LogP contribution in [0, 0.1) is 0 Å². The maximum atomic E-state index is 12.6. The zero-order chi connectivity index (χ0) is 18.0. The van der Waals surface area contributed by atoms with Gasteiger partial charge in [0.05, 0.1) is 5.69 Å². The van der Waals surface area contributed by atoms with Gasteiger partial charge in [0.15, 0.2) is 0 Å². The van der Waals surface area contributed by atoms with Crippen LogP contribution in [-0.4, -0.2) is 15.5 Å². The van der Waals surface area contributed by atoms with Gasteiger partial charge in [0.25, 0.3) is 11.5 Å². The Balaban J connectivity index is 2.02. The van der Waals surface area contributed by atoms with E-state index in [4.69, 9.17) is 23.2 Å². The number of aromatic nitrogens is 2. The van der Waals surface area contributed by atoms with E-state index in [0.717, 1.165) is 10.8 Å². The molecule has 1 aromatic heterocycles. The maximum Gasteiger partial charge on any atom is 0.333 e. The molecule has 1 amide bonds. The standard InChI is InChI=1S/C17H11Cl2N3O3/c18-10-4-6-13(7-5-10)22-16(24)14(9-20-17(22)25)15(23)21-12-3-1-2-11(19)8-12/h1-9H,(H,20,25)(H,21,23). The Labute approximate surface area is 151 Å². The Morgan fingerprint density at radius 1 is 1.00 bits per heavy atom. The summed E-state index contributed by atoms with van der Waals surface area (Å²) >= 11 is 11.7. The van der Waals surface area contributed by atoms with E-state index >= 15 is 0 Å². The van der Waals surface area contributed by atoms with Crippen molar-refractivity contribution in [1.29, 1.82) is 0 Å². The zero-order valence-electron chi connectivity index (χ0n) is 12.6. The minimum atomic E-state index is -0.745. The molecule has 1 heterocycles. The summed E-state index contributed by atoms with van der Waals surface area (Å²) in [4.78, 5) is 39.4. The van der Waals surface area contributed by atoms with Crippen molar-refractivity contribution < 1.29 is 4.79 Å². The molecule has 25 heavy (non-hydrogen) atoms. The summed E-state index contributed by atoms with van der Waals surface area (Å²) < 4.78 is 0.864. The second-order valence-corrected chi connectivity index (χ2v) is 5.96. The van der Waals surface area contributed by atoms with E-state index in [1.807, 2.05) is 0 Å². The van der Waals surface area contributed by atoms with E-state index in [2.05, 4.69) is 10.3 Å². The summed E-state index contributed by atoms with van der Waals surface area (Å²) in [5, 5.41) is 3.47. The zero-order valence-corrected chi connectivity index (χ0v) is 14.1. The van der Waals surface area contributed by atoms with Crippen LogP contribution in [0.25, 0.3) is 5.69 Å². The van der Waals surface area contributed by atoms with Crippen LogP contribution in [-0.2, 0) is 0 Å². The smallest absolute Gasteiger partial charge is 0.322 e. The monoisotopic (exact) mass is 375 g/mol. The Bertz CT molecular complexity index is 1060. The number of aromatic amines is 1. The summed E-state index contributed by atoms with van der Waals surface area (Å²) in [6.45, 7) is 0. The van der Waals surface area contributed by atoms with E-state index in [-0.39, 0.29) is 5.56 Å². The highest BCUT2D eigenvalue weighted by molar-refractivity contribution is 6.31. The van der Waals surface area contributed by atoms with Crippen molar-refractivity contribution >= 4 is 34.8 Å². The molecule has 2 aromatic carbocycles. The van der Waals surface area contributed by atoms with E-state index in [9.17, 15) is 14.4 Å². The SMILES string of the molecule is O=C(Nc1cccc(Cl)c1)c1c[nH]c(=O)n(-c2ccc(Cl)cc2)c1=O. The summed E-state index contributed by atoms with van der Waals surface area (Å²) in [7, 11) is 0. The number of halogens is 2. The molecule has 0 atom stereocenters. The molecule has 0 aliphatic rings. The third-order valence-corrected chi connectivity index (χ3v) is 3.88. The highest BCUT2D eigenvalue weighted by atomic mass is 35.5. The van der Waals surface area contributed by atoms with Gasteiger partial charge < -0.3 is 10.3 Å². The first-order valence-electron chi connectivity index (χ1n) is 7.13. The summed E-state index contributed by atoms with van der Waals surface area (Å²) in [5.41, 5.74) is -0.888. The Hall–Kier alpha value is -2.83. The number of hydrogen-bond acceptors (Lipinski definition) is 3. The van der Waals surface area contributed by atoms with Crippen LogP contribution in [0.3, 0.4) is 0 Å². The van der Waals surface area contributed by atoms with Gasteiger partial charge in [-0.1, -0.05) is 29.3 Å². The van der Waals surface area contributed by atoms with E-state index < -0.39 is 17.2 Å². The molecule has 0 radical (unpaired) electrons. The lowest BCUT2D eigenvalue weighted by Crippen LogP contribution is -2.38. The molecule has 0 aliphatic heterocycles. The van der Waals surface area contributed by atoms with Gasteiger partial charge in [0, 0.05) is 21.9 Å². The largest absolute Gasteiger partial charge is 0.333 e. The minimum absolute atomic E-state index is 0.213. The first kappa shape index (κ1) is 17.0. The summed E-state index contributed by atoms with van der Waals surface area (Å²) in [6, 6.07) is 12.6. The van der Waals surface area contributed by atoms with Crippen molar-refractivity contribution in [3.05, 3.63) is 91.2 Å². The molecular weight excluding hydrogens is 365 g/mol. The van der Waals surface area contributed by atoms with Crippen LogP contribution in [0.2, 0.25) is 10.0 Å². The molecule has 2 N–H and O–H groups in total. The molecule has 3 aromatic rings. The molecule has 6 nitrogen and oxygen atoms in total. The molecule has 0 spiro atoms. The lowest BCUT2D eigenvalue weighted by atomic mass is 10.2. The number of amides is 1. The molecule has 0 bridgehead atoms. The number of carbonyl (C=O) groups excluding carboxylic acids is 1. The van der Waals surface area contributed by atoms with Gasteiger partial charge in [0.2, 0.25) is 0 Å². The second-order valence-electron chi connectivity index (χ2n) is 5.09. The first-order chi connectivity index (χ1) is 12.0. The van der Waals surface area contributed by atoms with Crippen LogP contribution in [0.4, 0.5) is 5.69 Å². The predicted octanol–water partition coefficient (Wildman–Crippen LogP) is 3.08. The number of H-pyrrole nitrogens is 1. The van der Waals surface area contributed by atoms with Crippen molar-refractivity contribution in [2.45, 2.75) is 0 Å². The Kier molecular flexibility index (Phi) is 4.74. The normalized spacial score (nSPS) is 10.5. The van der Waals surface area contributed by atoms with Crippen molar-refractivity contribution in [1.82, 2.24) is 9.55 Å². The van der Waals surface area contributed by atoms with E-state index in [1.54, 1.807) is 36.4 Å². The van der Waals surface area contributed by atoms with Crippen LogP contribution in [0.1, 0.15) is 10.4 Å². The number of benzene rings is 2. The van der Waals surface area contributed by atoms with Gasteiger partial charge in [0.1, 0.15) is 5.56 Å². The van der Waals surface area contributed by atoms with Crippen LogP contribution < -0.4 is 16.6 Å². The van der Waals surface area contributed by atoms with E-state index in [0.29, 0.717) is 21.4 Å². The fourth-order valence-electron chi connectivity index (χ4n) is 2.22. The Morgan fingerprint density at radius 2 is 1.72 bits per heavy atom. The number of nitrogens with one attached hydrogen (secondary N) is 2. The highest BCUT2D eigenvalue weighted by Crippen LogP contribution is 2.15. The number of rotatable bonds is 3. The molecule has 0 unspecified atom stereocenters. The van der Waals surface area contributed by atoms with Crippen LogP contribution >= 0.6 is 23.2 Å². The van der Waals surface area contributed by atoms with Crippen LogP contribution in [0.5, 0.6) is 0 Å². The van der Waals surface area contributed by atoms with Crippen molar-refractivity contribution in [2.24, 2.45) is 0 Å². The van der Waals surface area contributed by atoms with Gasteiger partial charge >= 0.3 is 5.69 Å². The molecule has 8 heteroatoms. The number of anilines is 1. The van der Waals surface area contributed by atoms with E-state index in [1.165, 1.54) is 12.1 Å². The molecule has 0 saturated carbocycles. The lowest BCUT2D eigenvalue weighted by molar-refractivity contribution is 0.102. The second kappa shape index (κ2) is 6.96. The molecule has 0 saturated heterocycles. The first-order valence-corrected chi connectivity index (χ1v) is 7.89. The lowest BCUT2D eigenvalue weighted by Gasteiger charge is -2.08. The topological polar surface area (TPSA) is 84.0 Å².